The van der Waals surface area contributed by atoms with Gasteiger partial charge in [0.15, 0.2) is 0 Å². The first-order valence-electron chi connectivity index (χ1n) is 45.0. The Labute approximate surface area is 784 Å². The van der Waals surface area contributed by atoms with Crippen molar-refractivity contribution in [2.45, 2.75) is 0 Å². The molecule has 0 aliphatic heterocycles. The molecule has 0 radical (unpaired) electrons. The summed E-state index contributed by atoms with van der Waals surface area (Å²) < 4.78 is 0. The fraction of sp³-hybridized carbons (Fsp3) is 0. The van der Waals surface area contributed by atoms with Gasteiger partial charge in [0, 0.05) is 33.4 Å². The van der Waals surface area contributed by atoms with Crippen LogP contribution < -0.4 is 78.7 Å². The van der Waals surface area contributed by atoms with E-state index >= 15 is 0 Å². The van der Waals surface area contributed by atoms with E-state index < -0.39 is 29.1 Å². The van der Waals surface area contributed by atoms with Crippen LogP contribution in [0.15, 0.2) is 582 Å². The zero-order valence-electron chi connectivity index (χ0n) is 73.6. The van der Waals surface area contributed by atoms with Crippen LogP contribution in [0.2, 0.25) is 0 Å². The molecule has 133 heavy (non-hydrogen) atoms. The first-order valence-corrected chi connectivity index (χ1v) is 50.4. The quantitative estimate of drug-likeness (QED) is 0.0532. The largest absolute Gasteiger partial charge is 0.907 e. The van der Waals surface area contributed by atoms with E-state index in [0.29, 0.717) is 0 Å². The minimum absolute atomic E-state index is 1.22. The normalized spacial score (nSPS) is 11.1. The third-order valence-electron chi connectivity index (χ3n) is 24.6. The molecule has 0 saturated carbocycles. The average Bonchev–Trinajstić information content (AvgIpc) is 0.721. The fourth-order valence-electron chi connectivity index (χ4n) is 19.1. The van der Waals surface area contributed by atoms with E-state index in [9.17, 15) is 0 Å². The Morgan fingerprint density at radius 1 is 0.113 bits per heavy atom. The lowest BCUT2D eigenvalue weighted by molar-refractivity contribution is -0.479. The van der Waals surface area contributed by atoms with Crippen molar-refractivity contribution in [1.82, 2.24) is 0 Å². The summed E-state index contributed by atoms with van der Waals surface area (Å²) in [6, 6.07) is 213. The van der Waals surface area contributed by atoms with E-state index in [-0.39, 0.29) is 0 Å². The minimum Gasteiger partial charge on any atom is -0.907 e. The van der Waals surface area contributed by atoms with Crippen LogP contribution in [0.5, 0.6) is 0 Å². The van der Waals surface area contributed by atoms with Crippen molar-refractivity contribution in [3.8, 4) is 100 Å². The molecular formula is C126H96BO3P3. The Kier molecular flexibility index (Phi) is 28.4. The average molecular weight is 1760 g/mol. The molecule has 0 saturated heterocycles. The Balaban J connectivity index is 0.000000131. The maximum atomic E-state index is 8.42. The summed E-state index contributed by atoms with van der Waals surface area (Å²) in [4.78, 5) is 0. The van der Waals surface area contributed by atoms with Crippen molar-refractivity contribution in [1.29, 1.82) is 0 Å². The summed E-state index contributed by atoms with van der Waals surface area (Å²) >= 11 is 0. The number of hydrogen-bond acceptors (Lipinski definition) is 3. The lowest BCUT2D eigenvalue weighted by atomic mass is 9.87. The van der Waals surface area contributed by atoms with E-state index in [1.165, 1.54) is 164 Å². The van der Waals surface area contributed by atoms with Crippen molar-refractivity contribution >= 4 is 92.8 Å². The van der Waals surface area contributed by atoms with E-state index in [4.69, 9.17) is 15.1 Å². The molecule has 0 N–H and O–H groups in total. The topological polar surface area (TPSA) is 69.2 Å². The fourth-order valence-corrected chi connectivity index (χ4v) is 32.4. The monoisotopic (exact) mass is 1760 g/mol. The first-order chi connectivity index (χ1) is 65.8. The van der Waals surface area contributed by atoms with Crippen LogP contribution in [0.3, 0.4) is 0 Å². The molecule has 636 valence electrons. The van der Waals surface area contributed by atoms with Gasteiger partial charge in [-0.25, -0.2) is 0 Å². The molecule has 0 bridgehead atoms. The molecular weight excluding hydrogens is 1670 g/mol. The third-order valence-corrected chi connectivity index (χ3v) is 37.5. The lowest BCUT2D eigenvalue weighted by Crippen LogP contribution is -2.56. The predicted molar refractivity (Wildman–Crippen MR) is 568 cm³/mol. The Morgan fingerprint density at radius 3 is 0.346 bits per heavy atom. The summed E-state index contributed by atoms with van der Waals surface area (Å²) in [7, 11) is -10.0. The zero-order chi connectivity index (χ0) is 90.3. The van der Waals surface area contributed by atoms with Crippen LogP contribution in [-0.4, -0.2) is 7.32 Å². The summed E-state index contributed by atoms with van der Waals surface area (Å²) in [6.45, 7) is 0. The Hall–Kier alpha value is -15.1. The zero-order valence-corrected chi connectivity index (χ0v) is 76.3. The van der Waals surface area contributed by atoms with Crippen LogP contribution in [0, 0.1) is 0 Å². The van der Waals surface area contributed by atoms with Gasteiger partial charge in [0.05, 0.1) is 0 Å². The van der Waals surface area contributed by atoms with E-state index in [1.54, 1.807) is 0 Å². The van der Waals surface area contributed by atoms with Crippen LogP contribution in [-0.2, 0) is 0 Å². The summed E-state index contributed by atoms with van der Waals surface area (Å²) in [5.41, 5.74) is 22.4. The van der Waals surface area contributed by atoms with Gasteiger partial charge in [0.1, 0.15) is 85.4 Å². The molecule has 0 spiro atoms. The van der Waals surface area contributed by atoms with Crippen LogP contribution >= 0.6 is 21.8 Å². The summed E-state index contributed by atoms with van der Waals surface area (Å²) in [5.74, 6) is 0. The molecule has 0 unspecified atom stereocenters. The van der Waals surface area contributed by atoms with Crippen LogP contribution in [0.1, 0.15) is 0 Å². The highest BCUT2D eigenvalue weighted by molar-refractivity contribution is 8.02. The van der Waals surface area contributed by atoms with E-state index in [1.807, 2.05) is 0 Å². The molecule has 21 rings (SSSR count). The standard InChI is InChI=1S/3C42H32P.BO3/c3*1-7-19-33(20-8-1)39-31-32-40(42(35-23-11-3-12-24-35)41(39)34-21-9-2-10-22-34)43(36-25-13-4-14-26-36,37-27-15-5-16-28-37)38-29-17-6-18-30-38;2-1(3)4/h3*1-32H;/q3*+1;-3. The molecule has 21 aromatic rings. The van der Waals surface area contributed by atoms with Gasteiger partial charge in [-0.05, 0) is 212 Å². The van der Waals surface area contributed by atoms with Gasteiger partial charge >= 0.3 is 0 Å². The highest BCUT2D eigenvalue weighted by atomic mass is 31.2. The van der Waals surface area contributed by atoms with Crippen molar-refractivity contribution in [3.05, 3.63) is 582 Å². The SMILES string of the molecule is [O-]B([O-])[O-].c1ccc(-c2ccc([P+](c3ccccc3)(c3ccccc3)c3ccccc3)c(-c3ccccc3)c2-c2ccccc2)cc1.c1ccc(-c2ccc([P+](c3ccccc3)(c3ccccc3)c3ccccc3)c(-c3ccccc3)c2-c2ccccc2)cc1.c1ccc(-c2ccc([P+](c3ccccc3)(c3ccccc3)c3ccccc3)c(-c3ccccc3)c2-c2ccccc2)cc1. The molecule has 0 atom stereocenters. The molecule has 0 amide bonds. The maximum Gasteiger partial charge on any atom is 0.144 e. The first kappa shape index (κ1) is 88.5. The molecule has 0 aliphatic carbocycles. The molecule has 0 fully saturated rings. The molecule has 7 heteroatoms. The predicted octanol–water partition coefficient (Wildman–Crippen LogP) is 24.0. The van der Waals surface area contributed by atoms with Gasteiger partial charge in [0.2, 0.25) is 0 Å². The van der Waals surface area contributed by atoms with Crippen LogP contribution in [0.25, 0.3) is 100 Å². The molecule has 21 aromatic carbocycles. The van der Waals surface area contributed by atoms with Gasteiger partial charge < -0.3 is 15.1 Å². The van der Waals surface area contributed by atoms with Crippen molar-refractivity contribution < 1.29 is 15.1 Å². The summed E-state index contributed by atoms with van der Waals surface area (Å²) in [6.07, 6.45) is 0. The number of rotatable bonds is 21. The number of benzene rings is 21. The maximum absolute atomic E-state index is 8.42. The van der Waals surface area contributed by atoms with Gasteiger partial charge in [-0.1, -0.05) is 437 Å². The highest BCUT2D eigenvalue weighted by Gasteiger charge is 2.53. The second-order valence-electron chi connectivity index (χ2n) is 32.3. The Morgan fingerprint density at radius 2 is 0.218 bits per heavy atom. The van der Waals surface area contributed by atoms with Gasteiger partial charge in [-0.3, -0.25) is 7.32 Å². The second-order valence-corrected chi connectivity index (χ2v) is 42.4. The van der Waals surface area contributed by atoms with Crippen molar-refractivity contribution in [2.75, 3.05) is 0 Å². The summed E-state index contributed by atoms with van der Waals surface area (Å²) in [5, 5.41) is 41.4. The minimum atomic E-state index is -2.92. The van der Waals surface area contributed by atoms with Gasteiger partial charge in [-0.2, -0.15) is 0 Å². The van der Waals surface area contributed by atoms with Gasteiger partial charge in [0.25, 0.3) is 0 Å². The van der Waals surface area contributed by atoms with Gasteiger partial charge in [-0.15, -0.1) is 0 Å². The van der Waals surface area contributed by atoms with E-state index in [0.717, 1.165) is 0 Å². The number of hydrogen-bond donors (Lipinski definition) is 0. The third kappa shape index (κ3) is 18.6. The van der Waals surface area contributed by atoms with E-state index in [2.05, 4.69) is 582 Å². The second kappa shape index (κ2) is 42.6. The Bertz CT molecular complexity index is 6240. The van der Waals surface area contributed by atoms with Crippen molar-refractivity contribution in [3.63, 3.8) is 0 Å². The van der Waals surface area contributed by atoms with Crippen LogP contribution in [0.4, 0.5) is 0 Å². The molecule has 3 nitrogen and oxygen atoms in total. The van der Waals surface area contributed by atoms with Crippen molar-refractivity contribution in [2.24, 2.45) is 0 Å². The lowest BCUT2D eigenvalue weighted by Gasteiger charge is -2.35. The molecule has 0 aromatic heterocycles. The smallest absolute Gasteiger partial charge is 0.144 e. The molecule has 0 aliphatic rings. The highest BCUT2D eigenvalue weighted by Crippen LogP contribution is 2.62. The molecule has 0 heterocycles.